The lowest BCUT2D eigenvalue weighted by atomic mass is 9.76. The van der Waals surface area contributed by atoms with E-state index in [0.717, 1.165) is 5.56 Å². The van der Waals surface area contributed by atoms with E-state index in [1.54, 1.807) is 0 Å². The number of rotatable bonds is 5. The van der Waals surface area contributed by atoms with Crippen LogP contribution in [0.1, 0.15) is 28.2 Å². The molecule has 1 aliphatic rings. The lowest BCUT2D eigenvalue weighted by Gasteiger charge is -2.25. The van der Waals surface area contributed by atoms with E-state index < -0.39 is 10.8 Å². The topological polar surface area (TPSA) is 47.6 Å². The summed E-state index contributed by atoms with van der Waals surface area (Å²) in [5.74, 6) is 0.00935. The van der Waals surface area contributed by atoms with Crippen molar-refractivity contribution >= 4 is 0 Å². The molecular formula is C31H22N2. The van der Waals surface area contributed by atoms with Crippen LogP contribution in [0.15, 0.2) is 133 Å². The van der Waals surface area contributed by atoms with Gasteiger partial charge in [0.2, 0.25) is 0 Å². The van der Waals surface area contributed by atoms with Crippen molar-refractivity contribution in [2.45, 2.75) is 16.7 Å². The Morgan fingerprint density at radius 2 is 0.970 bits per heavy atom. The Balaban J connectivity index is 1.95. The minimum atomic E-state index is -0.598. The molecule has 33 heavy (non-hydrogen) atoms. The summed E-state index contributed by atoms with van der Waals surface area (Å²) in [6.45, 7) is 0. The monoisotopic (exact) mass is 422 g/mol. The lowest BCUT2D eigenvalue weighted by Crippen LogP contribution is -2.23. The molecule has 0 spiro atoms. The van der Waals surface area contributed by atoms with Crippen LogP contribution in [0, 0.1) is 22.7 Å². The molecule has 1 saturated carbocycles. The average Bonchev–Trinajstić information content (AvgIpc) is 3.54. The van der Waals surface area contributed by atoms with E-state index in [-0.39, 0.29) is 11.5 Å². The molecule has 0 N–H and O–H groups in total. The third-order valence-electron chi connectivity index (χ3n) is 6.91. The van der Waals surface area contributed by atoms with Crippen molar-refractivity contribution in [2.24, 2.45) is 0 Å². The van der Waals surface area contributed by atoms with Gasteiger partial charge in [0.05, 0.1) is 0 Å². The molecule has 1 fully saturated rings. The zero-order valence-electron chi connectivity index (χ0n) is 18.1. The highest BCUT2D eigenvalue weighted by molar-refractivity contribution is 5.71. The predicted octanol–water partition coefficient (Wildman–Crippen LogP) is 6.68. The maximum atomic E-state index is 9.79. The molecule has 5 rings (SSSR count). The zero-order valence-corrected chi connectivity index (χ0v) is 18.1. The molecule has 0 bridgehead atoms. The lowest BCUT2D eigenvalue weighted by molar-refractivity contribution is 0.708. The Hall–Kier alpha value is -4.40. The molecule has 0 radical (unpaired) electrons. The first-order valence-electron chi connectivity index (χ1n) is 11.0. The molecule has 0 unspecified atom stereocenters. The molecule has 156 valence electrons. The Morgan fingerprint density at radius 3 is 1.39 bits per heavy atom. The Labute approximate surface area is 194 Å². The minimum Gasteiger partial charge on any atom is -0.192 e. The van der Waals surface area contributed by atoms with Crippen LogP contribution in [0.25, 0.3) is 0 Å². The molecule has 4 aromatic carbocycles. The summed E-state index contributed by atoms with van der Waals surface area (Å²) in [4.78, 5) is 0. The van der Waals surface area contributed by atoms with Gasteiger partial charge in [0, 0.05) is 16.7 Å². The Kier molecular flexibility index (Phi) is 5.14. The first-order valence-corrected chi connectivity index (χ1v) is 11.0. The van der Waals surface area contributed by atoms with E-state index >= 15 is 0 Å². The third-order valence-corrected chi connectivity index (χ3v) is 6.91. The first kappa shape index (κ1) is 20.5. The van der Waals surface area contributed by atoms with Gasteiger partial charge in [-0.3, -0.25) is 0 Å². The highest BCUT2D eigenvalue weighted by atomic mass is 14.8. The normalized spacial score (nSPS) is 20.1. The summed E-state index contributed by atoms with van der Waals surface area (Å²) in [6.07, 6.45) is 1.92. The summed E-state index contributed by atoms with van der Waals surface area (Å²) in [5, 5.41) is 19.6. The van der Waals surface area contributed by atoms with Gasteiger partial charge in [-0.05, 0) is 28.3 Å². The summed E-state index contributed by atoms with van der Waals surface area (Å²) < 4.78 is 0. The van der Waals surface area contributed by atoms with Crippen LogP contribution in [-0.4, -0.2) is 0 Å². The van der Waals surface area contributed by atoms with Crippen molar-refractivity contribution < 1.29 is 0 Å². The van der Waals surface area contributed by atoms with Crippen LogP contribution in [-0.2, 0) is 10.8 Å². The zero-order chi connectivity index (χ0) is 22.7. The van der Waals surface area contributed by atoms with Crippen LogP contribution < -0.4 is 0 Å². The second-order valence-corrected chi connectivity index (χ2v) is 8.40. The number of benzene rings is 4. The fourth-order valence-corrected chi connectivity index (χ4v) is 5.74. The van der Waals surface area contributed by atoms with Crippen molar-refractivity contribution in [2.75, 3.05) is 0 Å². The quantitative estimate of drug-likeness (QED) is 0.337. The summed E-state index contributed by atoms with van der Waals surface area (Å²) in [6, 6.07) is 46.0. The highest BCUT2D eigenvalue weighted by Crippen LogP contribution is 2.78. The van der Waals surface area contributed by atoms with Crippen LogP contribution in [0.3, 0.4) is 0 Å². The third kappa shape index (κ3) is 3.00. The second kappa shape index (κ2) is 8.27. The van der Waals surface area contributed by atoms with Gasteiger partial charge in [0.15, 0.2) is 0 Å². The Bertz CT molecular complexity index is 1310. The number of allylic oxidation sites excluding steroid dienone is 2. The number of nitrogens with zero attached hydrogens (tertiary/aromatic N) is 2. The number of hydrogen-bond acceptors (Lipinski definition) is 2. The molecule has 0 saturated heterocycles. The molecular weight excluding hydrogens is 400 g/mol. The first-order chi connectivity index (χ1) is 16.3. The van der Waals surface area contributed by atoms with E-state index in [9.17, 15) is 10.5 Å². The molecule has 0 aliphatic heterocycles. The summed E-state index contributed by atoms with van der Waals surface area (Å²) in [5.41, 5.74) is 3.67. The average molecular weight is 423 g/mol. The fourth-order valence-electron chi connectivity index (χ4n) is 5.74. The Morgan fingerprint density at radius 1 is 0.576 bits per heavy atom. The largest absolute Gasteiger partial charge is 0.192 e. The van der Waals surface area contributed by atoms with Crippen molar-refractivity contribution in [3.63, 3.8) is 0 Å². The van der Waals surface area contributed by atoms with Crippen LogP contribution >= 0.6 is 0 Å². The van der Waals surface area contributed by atoms with Gasteiger partial charge in [-0.1, -0.05) is 121 Å². The minimum absolute atomic E-state index is 0.00935. The van der Waals surface area contributed by atoms with E-state index in [4.69, 9.17) is 0 Å². The summed E-state index contributed by atoms with van der Waals surface area (Å²) >= 11 is 0. The smallest absolute Gasteiger partial charge is 0.126 e. The van der Waals surface area contributed by atoms with Gasteiger partial charge in [-0.2, -0.15) is 10.5 Å². The summed E-state index contributed by atoms with van der Waals surface area (Å²) in [7, 11) is 0. The van der Waals surface area contributed by atoms with Gasteiger partial charge in [-0.15, -0.1) is 0 Å². The molecule has 2 nitrogen and oxygen atoms in total. The molecule has 4 aromatic rings. The standard InChI is InChI=1S/C31H22N2/c32-22-24(23-33)21-30(26-15-7-2-8-16-26)29(25-13-5-1-6-14-25)31(30,27-17-9-3-10-18-27)28-19-11-4-12-20-28/h1-21,29H/t29-,30-/m0/s1. The molecule has 1 aliphatic carbocycles. The van der Waals surface area contributed by atoms with Gasteiger partial charge in [0.25, 0.3) is 0 Å². The van der Waals surface area contributed by atoms with Crippen LogP contribution in [0.5, 0.6) is 0 Å². The maximum Gasteiger partial charge on any atom is 0.126 e. The predicted molar refractivity (Wildman–Crippen MR) is 130 cm³/mol. The maximum absolute atomic E-state index is 9.79. The molecule has 0 heterocycles. The molecule has 0 aromatic heterocycles. The highest BCUT2D eigenvalue weighted by Gasteiger charge is 2.77. The SMILES string of the molecule is N#CC(C#N)=C[C@]1(c2ccccc2)[C@H](c2ccccc2)C1(c1ccccc1)c1ccccc1. The number of hydrogen-bond donors (Lipinski definition) is 0. The second-order valence-electron chi connectivity index (χ2n) is 8.40. The van der Waals surface area contributed by atoms with Crippen LogP contribution in [0.4, 0.5) is 0 Å². The molecule has 2 atom stereocenters. The van der Waals surface area contributed by atoms with E-state index in [0.29, 0.717) is 0 Å². The van der Waals surface area contributed by atoms with Crippen molar-refractivity contribution in [1.82, 2.24) is 0 Å². The van der Waals surface area contributed by atoms with E-state index in [1.807, 2.05) is 42.5 Å². The number of nitriles is 2. The van der Waals surface area contributed by atoms with Gasteiger partial charge in [0.1, 0.15) is 17.7 Å². The van der Waals surface area contributed by atoms with Crippen molar-refractivity contribution in [1.29, 1.82) is 10.5 Å². The van der Waals surface area contributed by atoms with Gasteiger partial charge < -0.3 is 0 Å². The molecule has 2 heteroatoms. The van der Waals surface area contributed by atoms with Gasteiger partial charge in [-0.25, -0.2) is 0 Å². The van der Waals surface area contributed by atoms with E-state index in [2.05, 4.69) is 97.1 Å². The van der Waals surface area contributed by atoms with Gasteiger partial charge >= 0.3 is 0 Å². The molecule has 0 amide bonds. The van der Waals surface area contributed by atoms with E-state index in [1.165, 1.54) is 16.7 Å². The van der Waals surface area contributed by atoms with Crippen molar-refractivity contribution in [3.8, 4) is 12.1 Å². The van der Waals surface area contributed by atoms with Crippen molar-refractivity contribution in [3.05, 3.63) is 155 Å². The fraction of sp³-hybridized carbons (Fsp3) is 0.0968. The van der Waals surface area contributed by atoms with Crippen LogP contribution in [0.2, 0.25) is 0 Å².